The highest BCUT2D eigenvalue weighted by atomic mass is 16.5. The summed E-state index contributed by atoms with van der Waals surface area (Å²) in [6, 6.07) is 1.69. The Bertz CT molecular complexity index is 399. The van der Waals surface area contributed by atoms with Crippen LogP contribution in [-0.4, -0.2) is 24.5 Å². The fourth-order valence-corrected chi connectivity index (χ4v) is 1.47. The number of Topliss-reactive ketones (excluding diaryl/α,β-unsaturated/α-hetero) is 1. The van der Waals surface area contributed by atoms with Gasteiger partial charge < -0.3 is 15.6 Å². The average molecular weight is 209 g/mol. The number of hydrogen-bond donors (Lipinski definition) is 2. The summed E-state index contributed by atoms with van der Waals surface area (Å²) in [6.45, 7) is 3.50. The van der Waals surface area contributed by atoms with E-state index in [-0.39, 0.29) is 23.6 Å². The van der Waals surface area contributed by atoms with Gasteiger partial charge in [-0.1, -0.05) is 0 Å². The van der Waals surface area contributed by atoms with E-state index in [1.165, 1.54) is 7.11 Å². The highest BCUT2D eigenvalue weighted by Crippen LogP contribution is 2.34. The van der Waals surface area contributed by atoms with Gasteiger partial charge in [0.05, 0.1) is 19.2 Å². The lowest BCUT2D eigenvalue weighted by Crippen LogP contribution is -2.15. The Morgan fingerprint density at radius 3 is 2.60 bits per heavy atom. The molecule has 0 aromatic heterocycles. The van der Waals surface area contributed by atoms with Gasteiger partial charge in [0, 0.05) is 0 Å². The van der Waals surface area contributed by atoms with Crippen LogP contribution in [0.3, 0.4) is 0 Å². The highest BCUT2D eigenvalue weighted by Gasteiger charge is 2.18. The molecule has 0 saturated carbocycles. The van der Waals surface area contributed by atoms with Gasteiger partial charge in [0.2, 0.25) is 0 Å². The molecule has 1 aromatic rings. The summed E-state index contributed by atoms with van der Waals surface area (Å²) >= 11 is 0. The fraction of sp³-hybridized carbons (Fsp3) is 0.364. The minimum Gasteiger partial charge on any atom is -0.504 e. The Labute approximate surface area is 88.7 Å². The van der Waals surface area contributed by atoms with Gasteiger partial charge >= 0.3 is 0 Å². The van der Waals surface area contributed by atoms with Crippen LogP contribution in [-0.2, 0) is 0 Å². The molecule has 0 spiro atoms. The number of hydrogen-bond acceptors (Lipinski definition) is 4. The summed E-state index contributed by atoms with van der Waals surface area (Å²) in [5.74, 6) is -0.113. The van der Waals surface area contributed by atoms with Crippen LogP contribution in [0.15, 0.2) is 6.07 Å². The summed E-state index contributed by atoms with van der Waals surface area (Å²) in [5, 5.41) is 9.79. The number of phenolic OH excluding ortho intramolecular Hbond substituents is 1. The first-order chi connectivity index (χ1) is 7.02. The quantitative estimate of drug-likeness (QED) is 0.733. The smallest absolute Gasteiger partial charge is 0.180 e. The Balaban J connectivity index is 3.47. The molecule has 4 nitrogen and oxygen atoms in total. The van der Waals surface area contributed by atoms with Crippen molar-refractivity contribution in [2.45, 2.75) is 13.8 Å². The van der Waals surface area contributed by atoms with Crippen molar-refractivity contribution < 1.29 is 14.6 Å². The lowest BCUT2D eigenvalue weighted by atomic mass is 9.98. The number of ether oxygens (including phenoxy) is 1. The minimum atomic E-state index is -0.285. The van der Waals surface area contributed by atoms with Crippen LogP contribution in [0, 0.1) is 13.8 Å². The van der Waals surface area contributed by atoms with E-state index in [9.17, 15) is 9.90 Å². The number of carbonyl (C=O) groups is 1. The van der Waals surface area contributed by atoms with Gasteiger partial charge in [0.25, 0.3) is 0 Å². The van der Waals surface area contributed by atoms with Crippen molar-refractivity contribution in [1.29, 1.82) is 0 Å². The number of ketones is 1. The molecular formula is C11H15NO3. The zero-order valence-corrected chi connectivity index (χ0v) is 9.13. The largest absolute Gasteiger partial charge is 0.504 e. The molecule has 0 aliphatic heterocycles. The van der Waals surface area contributed by atoms with Crippen LogP contribution in [0.2, 0.25) is 0 Å². The first kappa shape index (κ1) is 11.5. The molecule has 0 bridgehead atoms. The van der Waals surface area contributed by atoms with E-state index in [1.54, 1.807) is 13.0 Å². The molecule has 0 atom stereocenters. The van der Waals surface area contributed by atoms with Crippen LogP contribution >= 0.6 is 0 Å². The van der Waals surface area contributed by atoms with Crippen LogP contribution in [0.4, 0.5) is 0 Å². The molecule has 0 amide bonds. The molecule has 0 saturated heterocycles. The number of carbonyl (C=O) groups excluding carboxylic acids is 1. The number of aryl methyl sites for hydroxylation is 1. The zero-order valence-electron chi connectivity index (χ0n) is 9.13. The highest BCUT2D eigenvalue weighted by molar-refractivity contribution is 6.02. The lowest BCUT2D eigenvalue weighted by molar-refractivity contribution is 0.0997. The molecule has 3 N–H and O–H groups in total. The Morgan fingerprint density at radius 2 is 2.13 bits per heavy atom. The Kier molecular flexibility index (Phi) is 3.31. The summed E-state index contributed by atoms with van der Waals surface area (Å²) in [7, 11) is 1.44. The molecule has 0 radical (unpaired) electrons. The molecule has 4 heteroatoms. The van der Waals surface area contributed by atoms with Gasteiger partial charge in [-0.25, -0.2) is 0 Å². The van der Waals surface area contributed by atoms with Crippen molar-refractivity contribution in [2.75, 3.05) is 13.7 Å². The van der Waals surface area contributed by atoms with Gasteiger partial charge in [-0.05, 0) is 31.0 Å². The second kappa shape index (κ2) is 4.31. The topological polar surface area (TPSA) is 72.5 Å². The SMILES string of the molecule is COc1cc(C)c(C)c(C(=O)CN)c1O. The molecule has 0 heterocycles. The maximum Gasteiger partial charge on any atom is 0.180 e. The fourth-order valence-electron chi connectivity index (χ4n) is 1.47. The van der Waals surface area contributed by atoms with Gasteiger partial charge in [0.15, 0.2) is 17.3 Å². The van der Waals surface area contributed by atoms with Gasteiger partial charge in [-0.2, -0.15) is 0 Å². The minimum absolute atomic E-state index is 0.124. The van der Waals surface area contributed by atoms with Crippen molar-refractivity contribution >= 4 is 5.78 Å². The van der Waals surface area contributed by atoms with Crippen molar-refractivity contribution in [3.8, 4) is 11.5 Å². The van der Waals surface area contributed by atoms with E-state index in [1.807, 2.05) is 6.92 Å². The number of methoxy groups -OCH3 is 1. The van der Waals surface area contributed by atoms with Crippen LogP contribution in [0.25, 0.3) is 0 Å². The second-order valence-corrected chi connectivity index (χ2v) is 3.37. The monoisotopic (exact) mass is 209 g/mol. The van der Waals surface area contributed by atoms with Gasteiger partial charge in [-0.3, -0.25) is 4.79 Å². The predicted octanol–water partition coefficient (Wildman–Crippen LogP) is 1.16. The van der Waals surface area contributed by atoms with Gasteiger partial charge in [0.1, 0.15) is 0 Å². The summed E-state index contributed by atoms with van der Waals surface area (Å²) in [5.41, 5.74) is 7.17. The molecule has 1 aromatic carbocycles. The van der Waals surface area contributed by atoms with Crippen molar-refractivity contribution in [1.82, 2.24) is 0 Å². The molecular weight excluding hydrogens is 194 g/mol. The Morgan fingerprint density at radius 1 is 1.53 bits per heavy atom. The third kappa shape index (κ3) is 1.94. The summed E-state index contributed by atoms with van der Waals surface area (Å²) < 4.78 is 4.97. The van der Waals surface area contributed by atoms with Crippen LogP contribution in [0.1, 0.15) is 21.5 Å². The molecule has 15 heavy (non-hydrogen) atoms. The molecule has 0 fully saturated rings. The summed E-state index contributed by atoms with van der Waals surface area (Å²) in [6.07, 6.45) is 0. The maximum atomic E-state index is 11.5. The number of rotatable bonds is 3. The number of benzene rings is 1. The molecule has 0 aliphatic carbocycles. The van der Waals surface area contributed by atoms with Crippen LogP contribution < -0.4 is 10.5 Å². The van der Waals surface area contributed by atoms with Gasteiger partial charge in [-0.15, -0.1) is 0 Å². The molecule has 0 aliphatic rings. The predicted molar refractivity (Wildman–Crippen MR) is 57.5 cm³/mol. The first-order valence-electron chi connectivity index (χ1n) is 4.63. The number of nitrogens with two attached hydrogens (primary N) is 1. The van der Waals surface area contributed by atoms with E-state index in [0.29, 0.717) is 5.75 Å². The van der Waals surface area contributed by atoms with Crippen molar-refractivity contribution in [3.63, 3.8) is 0 Å². The van der Waals surface area contributed by atoms with E-state index < -0.39 is 0 Å². The van der Waals surface area contributed by atoms with E-state index in [0.717, 1.165) is 11.1 Å². The van der Waals surface area contributed by atoms with E-state index >= 15 is 0 Å². The first-order valence-corrected chi connectivity index (χ1v) is 4.63. The molecule has 1 rings (SSSR count). The standard InChI is InChI=1S/C11H15NO3/c1-6-4-9(15-3)11(14)10(7(6)2)8(13)5-12/h4,14H,5,12H2,1-3H3. The van der Waals surface area contributed by atoms with E-state index in [4.69, 9.17) is 10.5 Å². The molecule has 0 unspecified atom stereocenters. The third-order valence-electron chi connectivity index (χ3n) is 2.47. The molecule has 82 valence electrons. The van der Waals surface area contributed by atoms with E-state index in [2.05, 4.69) is 0 Å². The summed E-state index contributed by atoms with van der Waals surface area (Å²) in [4.78, 5) is 11.5. The second-order valence-electron chi connectivity index (χ2n) is 3.37. The van der Waals surface area contributed by atoms with Crippen LogP contribution in [0.5, 0.6) is 11.5 Å². The lowest BCUT2D eigenvalue weighted by Gasteiger charge is -2.13. The third-order valence-corrected chi connectivity index (χ3v) is 2.47. The van der Waals surface area contributed by atoms with Crippen molar-refractivity contribution in [2.24, 2.45) is 5.73 Å². The zero-order chi connectivity index (χ0) is 11.6. The maximum absolute atomic E-state index is 11.5. The average Bonchev–Trinajstić information content (AvgIpc) is 2.23. The number of phenols is 1. The van der Waals surface area contributed by atoms with Crippen molar-refractivity contribution in [3.05, 3.63) is 22.8 Å². The number of aromatic hydroxyl groups is 1. The normalized spacial score (nSPS) is 10.1. The Hall–Kier alpha value is -1.55.